The van der Waals surface area contributed by atoms with E-state index in [0.29, 0.717) is 22.8 Å². The predicted octanol–water partition coefficient (Wildman–Crippen LogP) is 0.741. The molecule has 0 aliphatic heterocycles. The van der Waals surface area contributed by atoms with E-state index in [1.165, 1.54) is 17.7 Å². The van der Waals surface area contributed by atoms with E-state index in [-0.39, 0.29) is 0 Å². The Kier molecular flexibility index (Phi) is 1.67. The molecule has 2 heterocycles. The Morgan fingerprint density at radius 2 is 2.50 bits per heavy atom. The number of hydrogen-bond acceptors (Lipinski definition) is 5. The quantitative estimate of drug-likeness (QED) is 0.692. The zero-order valence-electron chi connectivity index (χ0n) is 5.89. The molecule has 1 N–H and O–H groups in total. The Hall–Kier alpha value is -1.56. The van der Waals surface area contributed by atoms with Crippen LogP contribution in [0.1, 0.15) is 10.5 Å². The first kappa shape index (κ1) is 7.11. The molecule has 0 radical (unpaired) electrons. The fraction of sp³-hybridized carbons (Fsp3) is 0. The number of rotatable bonds is 2. The molecule has 0 aliphatic carbocycles. The monoisotopic (exact) mass is 180 g/mol. The van der Waals surface area contributed by atoms with Crippen LogP contribution in [0.3, 0.4) is 0 Å². The summed E-state index contributed by atoms with van der Waals surface area (Å²) < 4.78 is 0. The maximum absolute atomic E-state index is 10.3. The summed E-state index contributed by atoms with van der Waals surface area (Å²) in [6.45, 7) is 0. The van der Waals surface area contributed by atoms with Crippen LogP contribution in [-0.2, 0) is 0 Å². The second-order valence-electron chi connectivity index (χ2n) is 2.03. The Bertz CT molecular complexity index is 380. The Balaban J connectivity index is 2.41. The highest BCUT2D eigenvalue weighted by Gasteiger charge is 2.05. The lowest BCUT2D eigenvalue weighted by Gasteiger charge is -1.83. The van der Waals surface area contributed by atoms with Crippen molar-refractivity contribution in [2.45, 2.75) is 0 Å². The molecule has 2 aromatic heterocycles. The molecule has 0 spiro atoms. The van der Waals surface area contributed by atoms with E-state index in [2.05, 4.69) is 20.2 Å². The first-order chi connectivity index (χ1) is 5.90. The Morgan fingerprint density at radius 3 is 3.08 bits per heavy atom. The molecule has 12 heavy (non-hydrogen) atoms. The number of thiazole rings is 1. The highest BCUT2D eigenvalue weighted by atomic mass is 32.1. The number of aromatic amines is 1. The molecule has 0 amide bonds. The van der Waals surface area contributed by atoms with Crippen molar-refractivity contribution in [1.29, 1.82) is 0 Å². The molecule has 60 valence electrons. The van der Waals surface area contributed by atoms with E-state index in [0.717, 1.165) is 0 Å². The van der Waals surface area contributed by atoms with E-state index in [9.17, 15) is 4.79 Å². The van der Waals surface area contributed by atoms with Crippen LogP contribution in [0.25, 0.3) is 10.8 Å². The minimum Gasteiger partial charge on any atom is -0.296 e. The lowest BCUT2D eigenvalue weighted by molar-refractivity contribution is 0.111. The van der Waals surface area contributed by atoms with Gasteiger partial charge in [-0.3, -0.25) is 9.89 Å². The third kappa shape index (κ3) is 1.12. The van der Waals surface area contributed by atoms with E-state index in [1.54, 1.807) is 5.38 Å². The van der Waals surface area contributed by atoms with Gasteiger partial charge in [-0.05, 0) is 0 Å². The fourth-order valence-corrected chi connectivity index (χ4v) is 1.47. The summed E-state index contributed by atoms with van der Waals surface area (Å²) in [5.41, 5.74) is 0.423. The number of carbonyl (C=O) groups excluding carboxylic acids is 1. The van der Waals surface area contributed by atoms with Gasteiger partial charge < -0.3 is 0 Å². The minimum absolute atomic E-state index is 0.423. The van der Waals surface area contributed by atoms with Gasteiger partial charge in [0.15, 0.2) is 17.1 Å². The van der Waals surface area contributed by atoms with Gasteiger partial charge in [0.1, 0.15) is 12.0 Å². The molecule has 0 bridgehead atoms. The topological polar surface area (TPSA) is 71.5 Å². The SMILES string of the molecule is O=Cc1csc(-c2ncn[nH]2)n1. The van der Waals surface area contributed by atoms with Gasteiger partial charge in [0, 0.05) is 5.38 Å². The number of aromatic nitrogens is 4. The number of hydrogen-bond donors (Lipinski definition) is 1. The Labute approximate surface area is 71.5 Å². The van der Waals surface area contributed by atoms with Crippen LogP contribution in [0.15, 0.2) is 11.7 Å². The molecule has 0 unspecified atom stereocenters. The summed E-state index contributed by atoms with van der Waals surface area (Å²) in [7, 11) is 0. The number of nitrogens with one attached hydrogen (secondary N) is 1. The predicted molar refractivity (Wildman–Crippen MR) is 42.9 cm³/mol. The molecule has 2 rings (SSSR count). The van der Waals surface area contributed by atoms with Crippen molar-refractivity contribution < 1.29 is 4.79 Å². The van der Waals surface area contributed by atoms with Gasteiger partial charge in [-0.15, -0.1) is 11.3 Å². The average Bonchev–Trinajstić information content (AvgIpc) is 2.75. The van der Waals surface area contributed by atoms with Gasteiger partial charge in [-0.1, -0.05) is 0 Å². The second kappa shape index (κ2) is 2.82. The molecule has 0 fully saturated rings. The van der Waals surface area contributed by atoms with Gasteiger partial charge in [-0.2, -0.15) is 5.10 Å². The molecule has 5 nitrogen and oxygen atoms in total. The molecular formula is C6H4N4OS. The first-order valence-corrected chi connectivity index (χ1v) is 4.04. The summed E-state index contributed by atoms with van der Waals surface area (Å²) in [5.74, 6) is 0.591. The average molecular weight is 180 g/mol. The van der Waals surface area contributed by atoms with Gasteiger partial charge in [0.2, 0.25) is 0 Å². The van der Waals surface area contributed by atoms with E-state index in [1.807, 2.05) is 0 Å². The van der Waals surface area contributed by atoms with Crippen molar-refractivity contribution in [2.24, 2.45) is 0 Å². The van der Waals surface area contributed by atoms with Crippen LogP contribution in [0.2, 0.25) is 0 Å². The largest absolute Gasteiger partial charge is 0.296 e. The van der Waals surface area contributed by atoms with Crippen LogP contribution in [-0.4, -0.2) is 26.5 Å². The molecule has 0 saturated heterocycles. The zero-order valence-corrected chi connectivity index (χ0v) is 6.71. The van der Waals surface area contributed by atoms with Crippen LogP contribution in [0.5, 0.6) is 0 Å². The molecular weight excluding hydrogens is 176 g/mol. The molecule has 6 heteroatoms. The first-order valence-electron chi connectivity index (χ1n) is 3.16. The highest BCUT2D eigenvalue weighted by Crippen LogP contribution is 2.17. The smallest absolute Gasteiger partial charge is 0.184 e. The van der Waals surface area contributed by atoms with Crippen LogP contribution < -0.4 is 0 Å². The van der Waals surface area contributed by atoms with Crippen LogP contribution in [0, 0.1) is 0 Å². The summed E-state index contributed by atoms with van der Waals surface area (Å²) >= 11 is 1.36. The Morgan fingerprint density at radius 1 is 1.58 bits per heavy atom. The van der Waals surface area contributed by atoms with Crippen molar-refractivity contribution in [3.05, 3.63) is 17.4 Å². The van der Waals surface area contributed by atoms with Crippen molar-refractivity contribution in [3.8, 4) is 10.8 Å². The number of nitrogens with zero attached hydrogens (tertiary/aromatic N) is 3. The molecule has 2 aromatic rings. The van der Waals surface area contributed by atoms with Gasteiger partial charge in [0.05, 0.1) is 0 Å². The number of H-pyrrole nitrogens is 1. The lowest BCUT2D eigenvalue weighted by Crippen LogP contribution is -1.81. The standard InChI is InChI=1S/C6H4N4OS/c11-1-4-2-12-6(9-4)5-7-3-8-10-5/h1-3H,(H,7,8,10). The maximum Gasteiger partial charge on any atom is 0.184 e. The van der Waals surface area contributed by atoms with Crippen molar-refractivity contribution in [1.82, 2.24) is 20.2 Å². The van der Waals surface area contributed by atoms with E-state index < -0.39 is 0 Å². The maximum atomic E-state index is 10.3. The van der Waals surface area contributed by atoms with Crippen LogP contribution >= 0.6 is 11.3 Å². The van der Waals surface area contributed by atoms with E-state index in [4.69, 9.17) is 0 Å². The normalized spacial score (nSPS) is 10.0. The third-order valence-electron chi connectivity index (χ3n) is 1.26. The van der Waals surface area contributed by atoms with E-state index >= 15 is 0 Å². The number of aldehydes is 1. The summed E-state index contributed by atoms with van der Waals surface area (Å²) in [5, 5.41) is 8.68. The molecule has 0 aromatic carbocycles. The number of carbonyl (C=O) groups is 1. The van der Waals surface area contributed by atoms with Crippen molar-refractivity contribution in [2.75, 3.05) is 0 Å². The minimum atomic E-state index is 0.423. The summed E-state index contributed by atoms with van der Waals surface area (Å²) in [4.78, 5) is 18.2. The van der Waals surface area contributed by atoms with Gasteiger partial charge in [-0.25, -0.2) is 9.97 Å². The van der Waals surface area contributed by atoms with Gasteiger partial charge >= 0.3 is 0 Å². The highest BCUT2D eigenvalue weighted by molar-refractivity contribution is 7.13. The van der Waals surface area contributed by atoms with Crippen molar-refractivity contribution in [3.63, 3.8) is 0 Å². The second-order valence-corrected chi connectivity index (χ2v) is 2.89. The van der Waals surface area contributed by atoms with Crippen LogP contribution in [0.4, 0.5) is 0 Å². The molecule has 0 atom stereocenters. The third-order valence-corrected chi connectivity index (χ3v) is 2.13. The summed E-state index contributed by atoms with van der Waals surface area (Å²) in [6, 6.07) is 0. The van der Waals surface area contributed by atoms with Crippen molar-refractivity contribution >= 4 is 17.6 Å². The lowest BCUT2D eigenvalue weighted by atomic mass is 10.5. The molecule has 0 aliphatic rings. The van der Waals surface area contributed by atoms with Gasteiger partial charge in [0.25, 0.3) is 0 Å². The summed E-state index contributed by atoms with van der Waals surface area (Å²) in [6.07, 6.45) is 2.10. The fourth-order valence-electron chi connectivity index (χ4n) is 0.758. The molecule has 0 saturated carbocycles. The zero-order chi connectivity index (χ0) is 8.39.